The van der Waals surface area contributed by atoms with Crippen LogP contribution < -0.4 is 4.90 Å². The molecule has 1 fully saturated rings. The summed E-state index contributed by atoms with van der Waals surface area (Å²) in [6.45, 7) is 1.64. The molecule has 1 aromatic carbocycles. The SMILES string of the molecule is O=C(O)C1CCN(c2ccccc2Br)CC1. The fourth-order valence-electron chi connectivity index (χ4n) is 2.08. The van der Waals surface area contributed by atoms with Crippen molar-refractivity contribution in [2.75, 3.05) is 18.0 Å². The van der Waals surface area contributed by atoms with Gasteiger partial charge in [-0.1, -0.05) is 12.1 Å². The number of piperidine rings is 1. The molecular weight excluding hydrogens is 270 g/mol. The van der Waals surface area contributed by atoms with Crippen LogP contribution in [0.4, 0.5) is 5.69 Å². The molecule has 86 valence electrons. The lowest BCUT2D eigenvalue weighted by Crippen LogP contribution is -2.36. The summed E-state index contributed by atoms with van der Waals surface area (Å²) in [5.74, 6) is -0.828. The third kappa shape index (κ3) is 2.38. The Morgan fingerprint density at radius 2 is 1.94 bits per heavy atom. The highest BCUT2D eigenvalue weighted by atomic mass is 79.9. The quantitative estimate of drug-likeness (QED) is 0.907. The lowest BCUT2D eigenvalue weighted by molar-refractivity contribution is -0.142. The van der Waals surface area contributed by atoms with Gasteiger partial charge in [0.15, 0.2) is 0 Å². The number of carboxylic acid groups (broad SMARTS) is 1. The molecule has 3 nitrogen and oxygen atoms in total. The number of aliphatic carboxylic acids is 1. The van der Waals surface area contributed by atoms with Gasteiger partial charge in [0, 0.05) is 17.6 Å². The molecule has 0 atom stereocenters. The molecule has 1 heterocycles. The average molecular weight is 284 g/mol. The number of para-hydroxylation sites is 1. The molecule has 1 saturated heterocycles. The van der Waals surface area contributed by atoms with Crippen molar-refractivity contribution >= 4 is 27.6 Å². The van der Waals surface area contributed by atoms with E-state index < -0.39 is 5.97 Å². The Morgan fingerprint density at radius 1 is 1.31 bits per heavy atom. The summed E-state index contributed by atoms with van der Waals surface area (Å²) in [5.41, 5.74) is 1.16. The molecule has 1 aliphatic heterocycles. The summed E-state index contributed by atoms with van der Waals surface area (Å²) in [5, 5.41) is 8.92. The van der Waals surface area contributed by atoms with E-state index in [9.17, 15) is 4.79 Å². The van der Waals surface area contributed by atoms with Crippen LogP contribution in [0.25, 0.3) is 0 Å². The van der Waals surface area contributed by atoms with Crippen LogP contribution in [0, 0.1) is 5.92 Å². The lowest BCUT2D eigenvalue weighted by atomic mass is 9.97. The van der Waals surface area contributed by atoms with Gasteiger partial charge in [-0.05, 0) is 40.9 Å². The Kier molecular flexibility index (Phi) is 3.49. The van der Waals surface area contributed by atoms with Crippen LogP contribution in [0.1, 0.15) is 12.8 Å². The number of hydrogen-bond donors (Lipinski definition) is 1. The molecule has 0 saturated carbocycles. The van der Waals surface area contributed by atoms with Crippen molar-refractivity contribution in [3.05, 3.63) is 28.7 Å². The molecule has 0 radical (unpaired) electrons. The summed E-state index contributed by atoms with van der Waals surface area (Å²) in [7, 11) is 0. The van der Waals surface area contributed by atoms with Crippen LogP contribution in [0.15, 0.2) is 28.7 Å². The molecule has 1 N–H and O–H groups in total. The molecule has 0 spiro atoms. The molecule has 16 heavy (non-hydrogen) atoms. The molecule has 1 aliphatic rings. The van der Waals surface area contributed by atoms with Gasteiger partial charge in [0.2, 0.25) is 0 Å². The minimum absolute atomic E-state index is 0.168. The number of halogens is 1. The standard InChI is InChI=1S/C12H14BrNO2/c13-10-3-1-2-4-11(10)14-7-5-9(6-8-14)12(15)16/h1-4,9H,5-8H2,(H,15,16). The van der Waals surface area contributed by atoms with Gasteiger partial charge in [-0.2, -0.15) is 0 Å². The van der Waals surface area contributed by atoms with Crippen LogP contribution in [0.3, 0.4) is 0 Å². The summed E-state index contributed by atoms with van der Waals surface area (Å²) in [4.78, 5) is 13.1. The number of hydrogen-bond acceptors (Lipinski definition) is 2. The molecule has 1 aromatic rings. The fraction of sp³-hybridized carbons (Fsp3) is 0.417. The average Bonchev–Trinajstić information content (AvgIpc) is 2.30. The Hall–Kier alpha value is -1.03. The van der Waals surface area contributed by atoms with Gasteiger partial charge in [-0.3, -0.25) is 4.79 Å². The highest BCUT2D eigenvalue weighted by Gasteiger charge is 2.25. The van der Waals surface area contributed by atoms with Gasteiger partial charge in [-0.25, -0.2) is 0 Å². The second-order valence-corrected chi connectivity index (χ2v) is 4.91. The Bertz CT molecular complexity index is 386. The van der Waals surface area contributed by atoms with Crippen LogP contribution in [0.5, 0.6) is 0 Å². The number of nitrogens with zero attached hydrogens (tertiary/aromatic N) is 1. The van der Waals surface area contributed by atoms with E-state index in [1.165, 1.54) is 0 Å². The molecule has 0 unspecified atom stereocenters. The maximum absolute atomic E-state index is 10.8. The third-order valence-electron chi connectivity index (χ3n) is 3.04. The smallest absolute Gasteiger partial charge is 0.306 e. The first-order valence-corrected chi connectivity index (χ1v) is 6.20. The van der Waals surface area contributed by atoms with E-state index in [0.29, 0.717) is 0 Å². The van der Waals surface area contributed by atoms with E-state index in [1.807, 2.05) is 18.2 Å². The monoisotopic (exact) mass is 283 g/mol. The second-order valence-electron chi connectivity index (χ2n) is 4.05. The maximum atomic E-state index is 10.8. The van der Waals surface area contributed by atoms with Crippen LogP contribution in [-0.4, -0.2) is 24.2 Å². The predicted octanol–water partition coefficient (Wildman–Crippen LogP) is 2.75. The van der Waals surface area contributed by atoms with Gasteiger partial charge in [0.05, 0.1) is 11.6 Å². The first-order valence-electron chi connectivity index (χ1n) is 5.41. The normalized spacial score (nSPS) is 17.4. The largest absolute Gasteiger partial charge is 0.481 e. The molecule has 0 amide bonds. The molecule has 0 aliphatic carbocycles. The zero-order valence-corrected chi connectivity index (χ0v) is 10.5. The minimum atomic E-state index is -0.660. The molecule has 2 rings (SSSR count). The van der Waals surface area contributed by atoms with E-state index in [4.69, 9.17) is 5.11 Å². The minimum Gasteiger partial charge on any atom is -0.481 e. The topological polar surface area (TPSA) is 40.5 Å². The highest BCUT2D eigenvalue weighted by molar-refractivity contribution is 9.10. The zero-order chi connectivity index (χ0) is 11.5. The Morgan fingerprint density at radius 3 is 2.50 bits per heavy atom. The summed E-state index contributed by atoms with van der Waals surface area (Å²) >= 11 is 3.52. The number of anilines is 1. The number of rotatable bonds is 2. The van der Waals surface area contributed by atoms with Gasteiger partial charge in [0.1, 0.15) is 0 Å². The van der Waals surface area contributed by atoms with Crippen molar-refractivity contribution in [1.82, 2.24) is 0 Å². The van der Waals surface area contributed by atoms with E-state index in [-0.39, 0.29) is 5.92 Å². The number of carbonyl (C=O) groups is 1. The third-order valence-corrected chi connectivity index (χ3v) is 3.71. The van der Waals surface area contributed by atoms with Crippen LogP contribution >= 0.6 is 15.9 Å². The molecule has 4 heteroatoms. The zero-order valence-electron chi connectivity index (χ0n) is 8.90. The first kappa shape index (κ1) is 11.5. The van der Waals surface area contributed by atoms with E-state index >= 15 is 0 Å². The number of benzene rings is 1. The highest BCUT2D eigenvalue weighted by Crippen LogP contribution is 2.29. The van der Waals surface area contributed by atoms with Gasteiger partial charge in [-0.15, -0.1) is 0 Å². The van der Waals surface area contributed by atoms with Crippen molar-refractivity contribution in [3.63, 3.8) is 0 Å². The predicted molar refractivity (Wildman–Crippen MR) is 66.7 cm³/mol. The molecule has 0 bridgehead atoms. The summed E-state index contributed by atoms with van der Waals surface area (Å²) < 4.78 is 1.07. The maximum Gasteiger partial charge on any atom is 0.306 e. The van der Waals surface area contributed by atoms with E-state index in [0.717, 1.165) is 36.1 Å². The molecular formula is C12H14BrNO2. The summed E-state index contributed by atoms with van der Waals surface area (Å²) in [6.07, 6.45) is 1.47. The fourth-order valence-corrected chi connectivity index (χ4v) is 2.61. The first-order chi connectivity index (χ1) is 7.68. The van der Waals surface area contributed by atoms with Crippen molar-refractivity contribution < 1.29 is 9.90 Å². The molecule has 0 aromatic heterocycles. The van der Waals surface area contributed by atoms with Crippen molar-refractivity contribution in [2.45, 2.75) is 12.8 Å². The summed E-state index contributed by atoms with van der Waals surface area (Å²) in [6, 6.07) is 8.06. The lowest BCUT2D eigenvalue weighted by Gasteiger charge is -2.32. The number of carboxylic acids is 1. The van der Waals surface area contributed by atoms with Crippen LogP contribution in [0.2, 0.25) is 0 Å². The second kappa shape index (κ2) is 4.87. The van der Waals surface area contributed by atoms with E-state index in [1.54, 1.807) is 0 Å². The van der Waals surface area contributed by atoms with Gasteiger partial charge in [0.25, 0.3) is 0 Å². The van der Waals surface area contributed by atoms with Crippen molar-refractivity contribution in [2.24, 2.45) is 5.92 Å². The van der Waals surface area contributed by atoms with Gasteiger partial charge >= 0.3 is 5.97 Å². The Balaban J connectivity index is 2.05. The van der Waals surface area contributed by atoms with Gasteiger partial charge < -0.3 is 10.0 Å². The van der Waals surface area contributed by atoms with Crippen LogP contribution in [-0.2, 0) is 4.79 Å². The van der Waals surface area contributed by atoms with Crippen molar-refractivity contribution in [1.29, 1.82) is 0 Å². The Labute approximate surface area is 103 Å². The van der Waals surface area contributed by atoms with Crippen molar-refractivity contribution in [3.8, 4) is 0 Å². The van der Waals surface area contributed by atoms with E-state index in [2.05, 4.69) is 26.9 Å².